The van der Waals surface area contributed by atoms with Crippen LogP contribution in [0.2, 0.25) is 0 Å². The second-order valence-electron chi connectivity index (χ2n) is 7.95. The minimum Gasteiger partial charge on any atom is -0.371 e. The summed E-state index contributed by atoms with van der Waals surface area (Å²) >= 11 is 0. The van der Waals surface area contributed by atoms with Gasteiger partial charge in [-0.15, -0.1) is 37.5 Å². The van der Waals surface area contributed by atoms with Gasteiger partial charge < -0.3 is 9.47 Å². The molecule has 0 spiro atoms. The van der Waals surface area contributed by atoms with Crippen LogP contribution in [0.4, 0.5) is 0 Å². The van der Waals surface area contributed by atoms with Gasteiger partial charge in [0, 0.05) is 18.8 Å². The molecule has 0 N–H and O–H groups in total. The quantitative estimate of drug-likeness (QED) is 0.206. The third kappa shape index (κ3) is 9.52. The lowest BCUT2D eigenvalue weighted by Crippen LogP contribution is -2.45. The summed E-state index contributed by atoms with van der Waals surface area (Å²) in [4.78, 5) is 51.6. The number of imide groups is 1. The third-order valence-corrected chi connectivity index (χ3v) is 5.03. The maximum Gasteiger partial charge on any atom is 0.363 e. The highest BCUT2D eigenvalue weighted by molar-refractivity contribution is 6.09. The highest BCUT2D eigenvalue weighted by atomic mass is 16.5. The van der Waals surface area contributed by atoms with Gasteiger partial charge in [-0.2, -0.15) is 0 Å². The maximum absolute atomic E-state index is 12.3. The molecule has 216 valence electrons. The van der Waals surface area contributed by atoms with Crippen molar-refractivity contribution < 1.29 is 28.7 Å². The Labute approximate surface area is 264 Å². The van der Waals surface area contributed by atoms with Gasteiger partial charge in [-0.05, 0) is 27.7 Å². The van der Waals surface area contributed by atoms with Crippen molar-refractivity contribution in [2.45, 2.75) is 27.7 Å². The van der Waals surface area contributed by atoms with Gasteiger partial charge in [0.25, 0.3) is 11.8 Å². The van der Waals surface area contributed by atoms with E-state index in [0.717, 1.165) is 0 Å². The van der Waals surface area contributed by atoms with E-state index in [9.17, 15) is 19.2 Å². The molecule has 0 aromatic rings. The molecule has 1 rings (SSSR count). The fourth-order valence-corrected chi connectivity index (χ4v) is 2.53. The zero-order valence-electron chi connectivity index (χ0n) is 24.7. The zero-order valence-corrected chi connectivity index (χ0v) is 24.7. The Morgan fingerprint density at radius 2 is 1.40 bits per heavy atom. The molecule has 0 aliphatic carbocycles. The van der Waals surface area contributed by atoms with E-state index in [4.69, 9.17) is 45.0 Å². The Morgan fingerprint density at radius 3 is 1.78 bits per heavy atom. The average molecular weight is 591 g/mol. The van der Waals surface area contributed by atoms with Crippen LogP contribution in [0.25, 0.3) is 0 Å². The number of ether oxygens (including phenoxy) is 2. The van der Waals surface area contributed by atoms with Gasteiger partial charge in [-0.1, -0.05) is 84.9 Å². The Bertz CT molecular complexity index is 1880. The highest BCUT2D eigenvalue weighted by Gasteiger charge is 2.47. The predicted octanol–water partition coefficient (Wildman–Crippen LogP) is 1.05. The predicted molar refractivity (Wildman–Crippen MR) is 168 cm³/mol. The van der Waals surface area contributed by atoms with Crippen LogP contribution in [0, 0.1) is 168 Å². The molecule has 0 aromatic heterocycles. The minimum atomic E-state index is -1.96. The molecule has 0 bridgehead atoms. The minimum absolute atomic E-state index is 0.539. The van der Waals surface area contributed by atoms with E-state index in [1.165, 1.54) is 27.7 Å². The Morgan fingerprint density at radius 1 is 0.844 bits per heavy atom. The monoisotopic (exact) mass is 590 g/mol. The van der Waals surface area contributed by atoms with Gasteiger partial charge in [0.05, 0.1) is 0 Å². The van der Waals surface area contributed by atoms with Crippen molar-refractivity contribution >= 4 is 30.5 Å². The van der Waals surface area contributed by atoms with E-state index in [1.54, 1.807) is 12.2 Å². The van der Waals surface area contributed by atoms with E-state index in [-0.39, 0.29) is 0 Å². The number of nitrogens with zero attached hydrogens (tertiary/aromatic N) is 2. The third-order valence-electron chi connectivity index (χ3n) is 5.03. The molecule has 2 amide bonds. The fourth-order valence-electron chi connectivity index (χ4n) is 2.53. The van der Waals surface area contributed by atoms with Crippen molar-refractivity contribution in [3.05, 3.63) is 0 Å². The van der Waals surface area contributed by atoms with E-state index in [2.05, 4.69) is 98.7 Å². The first kappa shape index (κ1) is 39.6. The highest BCUT2D eigenvalue weighted by Crippen LogP contribution is 2.28. The van der Waals surface area contributed by atoms with Crippen LogP contribution < -0.4 is 0 Å². The maximum atomic E-state index is 12.3. The van der Waals surface area contributed by atoms with Crippen LogP contribution in [0.5, 0.6) is 0 Å². The van der Waals surface area contributed by atoms with Gasteiger partial charge in [0.2, 0.25) is 10.8 Å². The molecule has 4 unspecified atom stereocenters. The van der Waals surface area contributed by atoms with Gasteiger partial charge in [0.1, 0.15) is 12.2 Å². The summed E-state index contributed by atoms with van der Waals surface area (Å²) in [6, 6.07) is 3.92. The number of rotatable bonds is 2. The number of terminal acetylenes is 8. The summed E-state index contributed by atoms with van der Waals surface area (Å²) in [5, 5.41) is 0. The summed E-state index contributed by atoms with van der Waals surface area (Å²) in [7, 11) is 0. The van der Waals surface area contributed by atoms with Gasteiger partial charge >= 0.3 is 11.9 Å². The van der Waals surface area contributed by atoms with Crippen LogP contribution in [0.3, 0.4) is 0 Å². The van der Waals surface area contributed by atoms with Crippen LogP contribution in [-0.2, 0) is 28.7 Å². The first-order valence-corrected chi connectivity index (χ1v) is 11.7. The van der Waals surface area contributed by atoms with Crippen molar-refractivity contribution in [1.29, 1.82) is 0 Å². The first-order chi connectivity index (χ1) is 21.2. The molecular formula is C37H22N2O6. The van der Waals surface area contributed by atoms with Crippen LogP contribution >= 0.6 is 0 Å². The molecule has 4 atom stereocenters. The van der Waals surface area contributed by atoms with Crippen molar-refractivity contribution in [3.8, 4) is 147 Å². The van der Waals surface area contributed by atoms with Crippen molar-refractivity contribution in [1.82, 2.24) is 4.90 Å². The second kappa shape index (κ2) is 18.0. The summed E-state index contributed by atoms with van der Waals surface area (Å²) < 4.78 is 8.77. The van der Waals surface area contributed by atoms with E-state index in [0.29, 0.717) is 4.90 Å². The molecule has 1 aliphatic rings. The molecule has 0 aromatic carbocycles. The molecule has 0 saturated carbocycles. The standard InChI is InChI=1S/C18H10O4.C16H9NO2.C3H3N/c1-7-12-18(9-3,16(20)22-11-5)14-13-17(6,8-2)15(19)21-10-4;1-6-10-16(8-3)12-11-15(5,7-2)13(18)17(9-4)14(16)19;1-3-4-2/h2-5H,1,6H3;2-4H,1,5H3;1H,2H2. The van der Waals surface area contributed by atoms with Gasteiger partial charge in [-0.3, -0.25) is 9.59 Å². The number of esters is 2. The normalized spacial score (nSPS) is 18.8. The van der Waals surface area contributed by atoms with Crippen LogP contribution in [0.1, 0.15) is 27.7 Å². The van der Waals surface area contributed by atoms with E-state index in [1.807, 2.05) is 12.1 Å². The molecule has 1 heterocycles. The Kier molecular flexibility index (Phi) is 15.9. The average Bonchev–Trinajstić information content (AvgIpc) is 3.12. The number of carbonyl (C=O) groups excluding carboxylic acids is 4. The number of carbonyl (C=O) groups is 4. The molecule has 0 saturated heterocycles. The fraction of sp³-hybridized carbons (Fsp3) is 0.216. The smallest absolute Gasteiger partial charge is 0.363 e. The first-order valence-electron chi connectivity index (χ1n) is 11.7. The number of hydrogen-bond donors (Lipinski definition) is 0. The van der Waals surface area contributed by atoms with Crippen molar-refractivity contribution in [2.24, 2.45) is 26.7 Å². The number of amides is 2. The SMILES string of the molecule is C#CN1C(=O)C(C)(C#C)C#CC(C#C)(C#CC)C1=O.C#CN=C.C#COC(=O)C(C)(C#C)C#CC(C#C)(C#CC)C(=O)OC#C. The summed E-state index contributed by atoms with van der Waals surface area (Å²) in [6.45, 7) is 8.59. The number of aliphatic imine (C=N–C) groups is 1. The number of hydrogen-bond acceptors (Lipinski definition) is 7. The molecule has 45 heavy (non-hydrogen) atoms. The Balaban J connectivity index is 0. The van der Waals surface area contributed by atoms with Gasteiger partial charge in [0.15, 0.2) is 10.8 Å². The summed E-state index contributed by atoms with van der Waals surface area (Å²) in [6.07, 6.45) is 44.1. The molecular weight excluding hydrogens is 568 g/mol. The van der Waals surface area contributed by atoms with E-state index < -0.39 is 45.4 Å². The van der Waals surface area contributed by atoms with Gasteiger partial charge in [-0.25, -0.2) is 19.5 Å². The molecule has 1 aliphatic heterocycles. The van der Waals surface area contributed by atoms with Crippen molar-refractivity contribution in [3.63, 3.8) is 0 Å². The molecule has 8 nitrogen and oxygen atoms in total. The second-order valence-corrected chi connectivity index (χ2v) is 7.95. The van der Waals surface area contributed by atoms with E-state index >= 15 is 0 Å². The lowest BCUT2D eigenvalue weighted by Gasteiger charge is -2.22. The Hall–Kier alpha value is -7.53. The zero-order chi connectivity index (χ0) is 35.3. The lowest BCUT2D eigenvalue weighted by atomic mass is 9.86. The van der Waals surface area contributed by atoms with Crippen LogP contribution in [0.15, 0.2) is 4.99 Å². The lowest BCUT2D eigenvalue weighted by molar-refractivity contribution is -0.145. The van der Waals surface area contributed by atoms with Crippen molar-refractivity contribution in [2.75, 3.05) is 0 Å². The molecule has 8 heteroatoms. The summed E-state index contributed by atoms with van der Waals surface area (Å²) in [5.74, 6) is 24.7. The topological polar surface area (TPSA) is 102 Å². The van der Waals surface area contributed by atoms with Crippen LogP contribution in [-0.4, -0.2) is 35.4 Å². The molecule has 0 radical (unpaired) electrons. The summed E-state index contributed by atoms with van der Waals surface area (Å²) in [5.41, 5.74) is -6.93. The largest absolute Gasteiger partial charge is 0.371 e. The molecule has 0 fully saturated rings.